The number of hydrogen-bond acceptors (Lipinski definition) is 5. The number of amides is 1. The molecule has 0 spiro atoms. The standard InChI is InChI=1S/C15H18N2O4/c1-10-8-12(21-14(10)15(19)17-16)9-20-13-5-3-2-4-11(13)6-7-18/h2-5,8,18H,6-7,9,16H2,1H3,(H,17,19). The van der Waals surface area contributed by atoms with Crippen molar-refractivity contribution in [2.24, 2.45) is 5.84 Å². The van der Waals surface area contributed by atoms with Crippen molar-refractivity contribution < 1.29 is 19.1 Å². The summed E-state index contributed by atoms with van der Waals surface area (Å²) >= 11 is 0. The molecule has 2 rings (SSSR count). The number of hydrazine groups is 1. The first kappa shape index (κ1) is 15.1. The molecule has 4 N–H and O–H groups in total. The molecule has 112 valence electrons. The van der Waals surface area contributed by atoms with E-state index in [1.807, 2.05) is 29.7 Å². The van der Waals surface area contributed by atoms with Gasteiger partial charge < -0.3 is 14.3 Å². The van der Waals surface area contributed by atoms with Gasteiger partial charge in [-0.05, 0) is 31.0 Å². The van der Waals surface area contributed by atoms with E-state index in [2.05, 4.69) is 0 Å². The SMILES string of the molecule is Cc1cc(COc2ccccc2CCO)oc1C(=O)NN. The second kappa shape index (κ2) is 6.92. The topological polar surface area (TPSA) is 97.7 Å². The molecule has 1 heterocycles. The van der Waals surface area contributed by atoms with Crippen LogP contribution in [0.1, 0.15) is 27.4 Å². The molecule has 0 bridgehead atoms. The van der Waals surface area contributed by atoms with Crippen LogP contribution in [-0.2, 0) is 13.0 Å². The number of nitrogens with two attached hydrogens (primary N) is 1. The second-order valence-electron chi connectivity index (χ2n) is 4.57. The van der Waals surface area contributed by atoms with E-state index in [9.17, 15) is 4.79 Å². The van der Waals surface area contributed by atoms with Gasteiger partial charge in [0.05, 0.1) is 0 Å². The Hall–Kier alpha value is -2.31. The maximum absolute atomic E-state index is 11.5. The molecule has 6 heteroatoms. The van der Waals surface area contributed by atoms with Gasteiger partial charge in [-0.1, -0.05) is 18.2 Å². The first-order valence-electron chi connectivity index (χ1n) is 6.57. The van der Waals surface area contributed by atoms with E-state index in [0.29, 0.717) is 23.5 Å². The van der Waals surface area contributed by atoms with Crippen LogP contribution in [0.4, 0.5) is 0 Å². The Bertz CT molecular complexity index is 622. The number of hydrogen-bond donors (Lipinski definition) is 3. The number of carbonyl (C=O) groups is 1. The van der Waals surface area contributed by atoms with Crippen molar-refractivity contribution in [3.05, 3.63) is 53.0 Å². The van der Waals surface area contributed by atoms with Crippen LogP contribution >= 0.6 is 0 Å². The van der Waals surface area contributed by atoms with Crippen molar-refractivity contribution in [1.29, 1.82) is 0 Å². The van der Waals surface area contributed by atoms with Crippen molar-refractivity contribution in [2.75, 3.05) is 6.61 Å². The molecule has 0 aliphatic carbocycles. The lowest BCUT2D eigenvalue weighted by Crippen LogP contribution is -2.30. The predicted molar refractivity (Wildman–Crippen MR) is 76.7 cm³/mol. The second-order valence-corrected chi connectivity index (χ2v) is 4.57. The van der Waals surface area contributed by atoms with E-state index >= 15 is 0 Å². The highest BCUT2D eigenvalue weighted by Crippen LogP contribution is 2.21. The van der Waals surface area contributed by atoms with Gasteiger partial charge in [0, 0.05) is 12.2 Å². The summed E-state index contributed by atoms with van der Waals surface area (Å²) in [4.78, 5) is 11.5. The maximum Gasteiger partial charge on any atom is 0.301 e. The van der Waals surface area contributed by atoms with Crippen LogP contribution in [0.3, 0.4) is 0 Å². The van der Waals surface area contributed by atoms with Crippen molar-refractivity contribution in [1.82, 2.24) is 5.43 Å². The average molecular weight is 290 g/mol. The van der Waals surface area contributed by atoms with Crippen LogP contribution in [0.5, 0.6) is 5.75 Å². The smallest absolute Gasteiger partial charge is 0.301 e. The maximum atomic E-state index is 11.5. The number of benzene rings is 1. The van der Waals surface area contributed by atoms with E-state index in [-0.39, 0.29) is 19.0 Å². The molecule has 0 radical (unpaired) electrons. The fourth-order valence-corrected chi connectivity index (χ4v) is 2.03. The summed E-state index contributed by atoms with van der Waals surface area (Å²) in [6.07, 6.45) is 0.522. The lowest BCUT2D eigenvalue weighted by atomic mass is 10.1. The first-order valence-corrected chi connectivity index (χ1v) is 6.57. The summed E-state index contributed by atoms with van der Waals surface area (Å²) in [7, 11) is 0. The molecule has 2 aromatic rings. The molecule has 1 aromatic carbocycles. The van der Waals surface area contributed by atoms with Gasteiger partial charge in [-0.25, -0.2) is 5.84 Å². The van der Waals surface area contributed by atoms with E-state index in [1.54, 1.807) is 13.0 Å². The van der Waals surface area contributed by atoms with Crippen LogP contribution < -0.4 is 16.0 Å². The summed E-state index contributed by atoms with van der Waals surface area (Å²) in [5.41, 5.74) is 3.65. The molecule has 0 aliphatic heterocycles. The fraction of sp³-hybridized carbons (Fsp3) is 0.267. The van der Waals surface area contributed by atoms with E-state index in [4.69, 9.17) is 20.1 Å². The number of furan rings is 1. The zero-order valence-corrected chi connectivity index (χ0v) is 11.8. The largest absolute Gasteiger partial charge is 0.485 e. The quantitative estimate of drug-likeness (QED) is 0.423. The normalized spacial score (nSPS) is 10.4. The molecule has 0 unspecified atom stereocenters. The number of aliphatic hydroxyl groups is 1. The highest BCUT2D eigenvalue weighted by molar-refractivity contribution is 5.92. The minimum absolute atomic E-state index is 0.0566. The Morgan fingerprint density at radius 2 is 2.19 bits per heavy atom. The van der Waals surface area contributed by atoms with Crippen molar-refractivity contribution in [3.8, 4) is 5.75 Å². The molecule has 1 aromatic heterocycles. The van der Waals surface area contributed by atoms with Gasteiger partial charge in [0.15, 0.2) is 5.76 Å². The molecule has 1 amide bonds. The molecule has 0 fully saturated rings. The Kier molecular flexibility index (Phi) is 4.97. The van der Waals surface area contributed by atoms with Gasteiger partial charge in [0.25, 0.3) is 0 Å². The van der Waals surface area contributed by atoms with Crippen LogP contribution in [0.25, 0.3) is 0 Å². The van der Waals surface area contributed by atoms with E-state index in [1.165, 1.54) is 0 Å². The number of aryl methyl sites for hydroxylation is 1. The third kappa shape index (κ3) is 3.62. The highest BCUT2D eigenvalue weighted by Gasteiger charge is 2.15. The van der Waals surface area contributed by atoms with Crippen molar-refractivity contribution >= 4 is 5.91 Å². The molecule has 6 nitrogen and oxygen atoms in total. The third-order valence-corrected chi connectivity index (χ3v) is 3.03. The Balaban J connectivity index is 2.08. The molecule has 0 atom stereocenters. The van der Waals surface area contributed by atoms with Gasteiger partial charge in [-0.15, -0.1) is 0 Å². The fourth-order valence-electron chi connectivity index (χ4n) is 2.03. The predicted octanol–water partition coefficient (Wildman–Crippen LogP) is 1.31. The molecule has 0 saturated heterocycles. The summed E-state index contributed by atoms with van der Waals surface area (Å²) in [5.74, 6) is 6.01. The Morgan fingerprint density at radius 1 is 1.43 bits per heavy atom. The first-order chi connectivity index (χ1) is 10.2. The highest BCUT2D eigenvalue weighted by atomic mass is 16.5. The number of ether oxygens (including phenoxy) is 1. The van der Waals surface area contributed by atoms with Crippen molar-refractivity contribution in [3.63, 3.8) is 0 Å². The number of nitrogens with one attached hydrogen (secondary N) is 1. The van der Waals surface area contributed by atoms with E-state index < -0.39 is 5.91 Å². The molecular weight excluding hydrogens is 272 g/mol. The van der Waals surface area contributed by atoms with Gasteiger partial charge in [-0.3, -0.25) is 10.2 Å². The Labute approximate surface area is 122 Å². The number of nitrogen functional groups attached to an aromatic ring is 1. The minimum atomic E-state index is -0.473. The van der Waals surface area contributed by atoms with E-state index in [0.717, 1.165) is 5.56 Å². The van der Waals surface area contributed by atoms with Crippen molar-refractivity contribution in [2.45, 2.75) is 20.0 Å². The number of rotatable bonds is 6. The summed E-state index contributed by atoms with van der Waals surface area (Å²) in [5, 5.41) is 9.03. The van der Waals surface area contributed by atoms with Gasteiger partial charge in [0.2, 0.25) is 0 Å². The van der Waals surface area contributed by atoms with Gasteiger partial charge in [-0.2, -0.15) is 0 Å². The summed E-state index contributed by atoms with van der Waals surface area (Å²) in [6, 6.07) is 9.20. The molecule has 0 saturated carbocycles. The third-order valence-electron chi connectivity index (χ3n) is 3.03. The lowest BCUT2D eigenvalue weighted by Gasteiger charge is -2.09. The zero-order valence-electron chi connectivity index (χ0n) is 11.8. The van der Waals surface area contributed by atoms with Crippen LogP contribution in [0, 0.1) is 6.92 Å². The molecule has 21 heavy (non-hydrogen) atoms. The lowest BCUT2D eigenvalue weighted by molar-refractivity contribution is 0.0921. The van der Waals surface area contributed by atoms with Gasteiger partial charge >= 0.3 is 5.91 Å². The minimum Gasteiger partial charge on any atom is -0.485 e. The monoisotopic (exact) mass is 290 g/mol. The average Bonchev–Trinajstić information content (AvgIpc) is 2.87. The summed E-state index contributed by atoms with van der Waals surface area (Å²) < 4.78 is 11.1. The molecular formula is C15H18N2O4. The van der Waals surface area contributed by atoms with Crippen LogP contribution in [0.2, 0.25) is 0 Å². The van der Waals surface area contributed by atoms with Gasteiger partial charge in [0.1, 0.15) is 18.1 Å². The zero-order chi connectivity index (χ0) is 15.2. The number of aliphatic hydroxyl groups excluding tert-OH is 1. The van der Waals surface area contributed by atoms with Crippen LogP contribution in [0.15, 0.2) is 34.7 Å². The summed E-state index contributed by atoms with van der Waals surface area (Å²) in [6.45, 7) is 2.01. The number of carbonyl (C=O) groups excluding carboxylic acids is 1. The van der Waals surface area contributed by atoms with Crippen LogP contribution in [-0.4, -0.2) is 17.6 Å². The molecule has 0 aliphatic rings. The number of para-hydroxylation sites is 1. The Morgan fingerprint density at radius 3 is 2.90 bits per heavy atom.